The van der Waals surface area contributed by atoms with Crippen molar-refractivity contribution in [3.63, 3.8) is 0 Å². The molecule has 2 atom stereocenters. The van der Waals surface area contributed by atoms with Gasteiger partial charge in [0, 0.05) is 7.05 Å². The quantitative estimate of drug-likeness (QED) is 0.667. The Morgan fingerprint density at radius 2 is 2.36 bits per heavy atom. The van der Waals surface area contributed by atoms with Crippen LogP contribution in [-0.4, -0.2) is 20.4 Å². The minimum atomic E-state index is 0.149. The lowest BCUT2D eigenvalue weighted by atomic mass is 9.89. The fourth-order valence-corrected chi connectivity index (χ4v) is 2.34. The molecule has 1 aliphatic rings. The van der Waals surface area contributed by atoms with Gasteiger partial charge in [0.1, 0.15) is 5.69 Å². The molecule has 1 aromatic heterocycles. The van der Waals surface area contributed by atoms with Gasteiger partial charge in [0.2, 0.25) is 0 Å². The molecular weight excluding hydrogens is 198 g/mol. The van der Waals surface area contributed by atoms with Crippen LogP contribution >= 0.6 is 11.6 Å². The van der Waals surface area contributed by atoms with Crippen LogP contribution in [0.4, 0.5) is 0 Å². The smallest absolute Gasteiger partial charge is 0.108 e. The van der Waals surface area contributed by atoms with Crippen molar-refractivity contribution in [3.8, 4) is 0 Å². The number of hydrogen-bond donors (Lipinski definition) is 0. The average molecular weight is 212 g/mol. The maximum absolute atomic E-state index is 6.13. The first kappa shape index (κ1) is 9.71. The Bertz CT molecular complexity index is 356. The van der Waals surface area contributed by atoms with E-state index in [4.69, 9.17) is 11.6 Å². The van der Waals surface area contributed by atoms with E-state index in [1.54, 1.807) is 11.0 Å². The molecule has 4 heteroatoms. The van der Waals surface area contributed by atoms with Crippen LogP contribution in [-0.2, 0) is 7.05 Å². The van der Waals surface area contributed by atoms with E-state index in [9.17, 15) is 0 Å². The Balaban J connectivity index is 2.25. The summed E-state index contributed by atoms with van der Waals surface area (Å²) in [7, 11) is 1.83. The molecule has 2 unspecified atom stereocenters. The predicted octanol–water partition coefficient (Wildman–Crippen LogP) is 2.24. The topological polar surface area (TPSA) is 30.7 Å². The molecular formula is C10H14ClN3. The second-order valence-corrected chi connectivity index (χ2v) is 4.53. The number of halogens is 1. The number of nitrogens with zero attached hydrogens (tertiary/aromatic N) is 3. The van der Waals surface area contributed by atoms with Crippen molar-refractivity contribution in [1.29, 1.82) is 0 Å². The number of alkyl halides is 1. The summed E-state index contributed by atoms with van der Waals surface area (Å²) in [6.07, 6.45) is 6.02. The maximum Gasteiger partial charge on any atom is 0.108 e. The highest BCUT2D eigenvalue weighted by atomic mass is 35.5. The van der Waals surface area contributed by atoms with Crippen LogP contribution < -0.4 is 0 Å². The Morgan fingerprint density at radius 1 is 1.57 bits per heavy atom. The van der Waals surface area contributed by atoms with Crippen molar-refractivity contribution in [3.05, 3.63) is 18.0 Å². The van der Waals surface area contributed by atoms with E-state index in [0.717, 1.165) is 18.5 Å². The summed E-state index contributed by atoms with van der Waals surface area (Å²) < 4.78 is 0. The van der Waals surface area contributed by atoms with Gasteiger partial charge in [-0.1, -0.05) is 13.0 Å². The van der Waals surface area contributed by atoms with E-state index < -0.39 is 0 Å². The molecule has 14 heavy (non-hydrogen) atoms. The lowest BCUT2D eigenvalue weighted by Crippen LogP contribution is -2.11. The van der Waals surface area contributed by atoms with Crippen LogP contribution in [0.25, 0.3) is 5.57 Å². The van der Waals surface area contributed by atoms with Gasteiger partial charge in [0.05, 0.1) is 11.6 Å². The highest BCUT2D eigenvalue weighted by Gasteiger charge is 2.19. The second-order valence-electron chi connectivity index (χ2n) is 3.97. The molecule has 2 rings (SSSR count). The molecule has 0 aliphatic heterocycles. The van der Waals surface area contributed by atoms with Gasteiger partial charge in [-0.3, -0.25) is 0 Å². The Labute approximate surface area is 88.8 Å². The third kappa shape index (κ3) is 1.98. The molecule has 3 nitrogen and oxygen atoms in total. The molecule has 0 N–H and O–H groups in total. The van der Waals surface area contributed by atoms with E-state index in [1.165, 1.54) is 5.57 Å². The molecule has 0 saturated heterocycles. The standard InChI is InChI=1S/C10H14ClN3/c1-7-3-8(5-9(11)4-7)10-6-12-14(2)13-10/h5-7,9H,3-4H2,1-2H3. The summed E-state index contributed by atoms with van der Waals surface area (Å²) in [5.41, 5.74) is 2.20. The lowest BCUT2D eigenvalue weighted by Gasteiger charge is -2.21. The Kier molecular flexibility index (Phi) is 2.59. The highest BCUT2D eigenvalue weighted by molar-refractivity contribution is 6.22. The first-order chi connectivity index (χ1) is 6.65. The van der Waals surface area contributed by atoms with Crippen molar-refractivity contribution in [2.24, 2.45) is 13.0 Å². The van der Waals surface area contributed by atoms with Crippen LogP contribution in [0.5, 0.6) is 0 Å². The highest BCUT2D eigenvalue weighted by Crippen LogP contribution is 2.31. The zero-order chi connectivity index (χ0) is 10.1. The average Bonchev–Trinajstić information content (AvgIpc) is 2.50. The molecule has 0 radical (unpaired) electrons. The van der Waals surface area contributed by atoms with Crippen LogP contribution in [0.1, 0.15) is 25.5 Å². The summed E-state index contributed by atoms with van der Waals surface area (Å²) in [6, 6.07) is 0. The molecule has 1 aromatic rings. The summed E-state index contributed by atoms with van der Waals surface area (Å²) in [4.78, 5) is 1.58. The van der Waals surface area contributed by atoms with Crippen LogP contribution in [0.2, 0.25) is 0 Å². The van der Waals surface area contributed by atoms with Gasteiger partial charge >= 0.3 is 0 Å². The third-order valence-electron chi connectivity index (χ3n) is 2.51. The number of hydrogen-bond acceptors (Lipinski definition) is 2. The van der Waals surface area contributed by atoms with Gasteiger partial charge in [-0.25, -0.2) is 0 Å². The van der Waals surface area contributed by atoms with Gasteiger partial charge < -0.3 is 0 Å². The molecule has 76 valence electrons. The van der Waals surface area contributed by atoms with E-state index in [0.29, 0.717) is 5.92 Å². The first-order valence-corrected chi connectivity index (χ1v) is 5.30. The Hall–Kier alpha value is -0.830. The molecule has 0 amide bonds. The van der Waals surface area contributed by atoms with E-state index in [-0.39, 0.29) is 5.38 Å². The molecule has 0 spiro atoms. The summed E-state index contributed by atoms with van der Waals surface area (Å²) in [6.45, 7) is 2.22. The molecule has 0 saturated carbocycles. The van der Waals surface area contributed by atoms with Crippen molar-refractivity contribution in [2.75, 3.05) is 0 Å². The third-order valence-corrected chi connectivity index (χ3v) is 2.81. The van der Waals surface area contributed by atoms with Crippen LogP contribution in [0.15, 0.2) is 12.3 Å². The van der Waals surface area contributed by atoms with Crippen molar-refractivity contribution in [2.45, 2.75) is 25.1 Å². The fraction of sp³-hybridized carbons (Fsp3) is 0.600. The van der Waals surface area contributed by atoms with Crippen molar-refractivity contribution in [1.82, 2.24) is 15.0 Å². The second kappa shape index (κ2) is 3.73. The van der Waals surface area contributed by atoms with Gasteiger partial charge in [-0.15, -0.1) is 11.6 Å². The lowest BCUT2D eigenvalue weighted by molar-refractivity contribution is 0.538. The molecule has 0 fully saturated rings. The maximum atomic E-state index is 6.13. The SMILES string of the molecule is CC1CC(c2cnn(C)n2)=CC(Cl)C1. The summed E-state index contributed by atoms with van der Waals surface area (Å²) >= 11 is 6.13. The summed E-state index contributed by atoms with van der Waals surface area (Å²) in [5.74, 6) is 0.638. The predicted molar refractivity (Wildman–Crippen MR) is 57.0 cm³/mol. The fourth-order valence-electron chi connectivity index (χ4n) is 1.88. The molecule has 1 aliphatic carbocycles. The molecule has 1 heterocycles. The van der Waals surface area contributed by atoms with Gasteiger partial charge in [0.15, 0.2) is 0 Å². The Morgan fingerprint density at radius 3 is 2.93 bits per heavy atom. The largest absolute Gasteiger partial charge is 0.187 e. The van der Waals surface area contributed by atoms with E-state index in [2.05, 4.69) is 23.2 Å². The molecule has 0 aromatic carbocycles. The van der Waals surface area contributed by atoms with Gasteiger partial charge in [-0.2, -0.15) is 15.0 Å². The first-order valence-electron chi connectivity index (χ1n) is 4.86. The van der Waals surface area contributed by atoms with Crippen LogP contribution in [0.3, 0.4) is 0 Å². The zero-order valence-corrected chi connectivity index (χ0v) is 9.20. The number of allylic oxidation sites excluding steroid dienone is 2. The van der Waals surface area contributed by atoms with Crippen LogP contribution in [0, 0.1) is 5.92 Å². The number of rotatable bonds is 1. The van der Waals surface area contributed by atoms with E-state index in [1.807, 2.05) is 7.05 Å². The zero-order valence-electron chi connectivity index (χ0n) is 8.44. The number of aryl methyl sites for hydroxylation is 1. The monoisotopic (exact) mass is 211 g/mol. The minimum absolute atomic E-state index is 0.149. The summed E-state index contributed by atoms with van der Waals surface area (Å²) in [5, 5.41) is 8.49. The molecule has 0 bridgehead atoms. The van der Waals surface area contributed by atoms with E-state index >= 15 is 0 Å². The number of aromatic nitrogens is 3. The van der Waals surface area contributed by atoms with Gasteiger partial charge in [0.25, 0.3) is 0 Å². The van der Waals surface area contributed by atoms with Gasteiger partial charge in [-0.05, 0) is 24.3 Å². The van der Waals surface area contributed by atoms with Crippen molar-refractivity contribution < 1.29 is 0 Å². The minimum Gasteiger partial charge on any atom is -0.187 e. The normalized spacial score (nSPS) is 27.5. The van der Waals surface area contributed by atoms with Crippen molar-refractivity contribution >= 4 is 17.2 Å².